The van der Waals surface area contributed by atoms with Crippen LogP contribution in [0, 0.1) is 0 Å². The van der Waals surface area contributed by atoms with Crippen LogP contribution in [0.2, 0.25) is 5.02 Å². The topological polar surface area (TPSA) is 64.3 Å². The highest BCUT2D eigenvalue weighted by Gasteiger charge is 2.03. The molecular formula is C11H15ClN2O2. The summed E-state index contributed by atoms with van der Waals surface area (Å²) in [5.41, 5.74) is 7.07. The summed E-state index contributed by atoms with van der Waals surface area (Å²) < 4.78 is 4.80. The Hall–Kier alpha value is -1.42. The van der Waals surface area contributed by atoms with E-state index in [9.17, 15) is 4.79 Å². The van der Waals surface area contributed by atoms with Gasteiger partial charge in [0.25, 0.3) is 0 Å². The van der Waals surface area contributed by atoms with Crippen molar-refractivity contribution in [1.29, 1.82) is 0 Å². The van der Waals surface area contributed by atoms with E-state index in [-0.39, 0.29) is 5.97 Å². The fraction of sp³-hybridized carbons (Fsp3) is 0.364. The third-order valence-electron chi connectivity index (χ3n) is 1.97. The first-order valence-corrected chi connectivity index (χ1v) is 5.45. The van der Waals surface area contributed by atoms with E-state index in [1.54, 1.807) is 25.1 Å². The second kappa shape index (κ2) is 6.23. The Morgan fingerprint density at radius 2 is 2.31 bits per heavy atom. The SMILES string of the molecule is CCOC(=O)CCNc1cc(Cl)ccc1N. The molecule has 1 rings (SSSR count). The van der Waals surface area contributed by atoms with Crippen molar-refractivity contribution in [2.45, 2.75) is 13.3 Å². The highest BCUT2D eigenvalue weighted by molar-refractivity contribution is 6.31. The maximum atomic E-state index is 11.1. The molecule has 0 saturated carbocycles. The fourth-order valence-corrected chi connectivity index (χ4v) is 1.39. The first kappa shape index (κ1) is 12.6. The molecule has 0 aliphatic carbocycles. The highest BCUT2D eigenvalue weighted by Crippen LogP contribution is 2.22. The zero-order valence-corrected chi connectivity index (χ0v) is 9.88. The molecule has 0 spiro atoms. The van der Waals surface area contributed by atoms with E-state index in [0.717, 1.165) is 5.69 Å². The molecule has 0 aliphatic heterocycles. The van der Waals surface area contributed by atoms with Crippen LogP contribution in [0.15, 0.2) is 18.2 Å². The lowest BCUT2D eigenvalue weighted by molar-refractivity contribution is -0.142. The number of ether oxygens (including phenoxy) is 1. The van der Waals surface area contributed by atoms with Crippen molar-refractivity contribution in [2.75, 3.05) is 24.2 Å². The molecule has 1 aromatic rings. The maximum absolute atomic E-state index is 11.1. The molecule has 0 heterocycles. The zero-order valence-electron chi connectivity index (χ0n) is 9.13. The normalized spacial score (nSPS) is 9.88. The molecule has 5 heteroatoms. The summed E-state index contributed by atoms with van der Waals surface area (Å²) in [4.78, 5) is 11.1. The minimum absolute atomic E-state index is 0.226. The number of benzene rings is 1. The first-order chi connectivity index (χ1) is 7.63. The van der Waals surface area contributed by atoms with Gasteiger partial charge in [0.1, 0.15) is 0 Å². The van der Waals surface area contributed by atoms with Crippen LogP contribution in [-0.4, -0.2) is 19.1 Å². The number of esters is 1. The minimum Gasteiger partial charge on any atom is -0.466 e. The molecule has 4 nitrogen and oxygen atoms in total. The lowest BCUT2D eigenvalue weighted by atomic mass is 10.2. The second-order valence-electron chi connectivity index (χ2n) is 3.21. The van der Waals surface area contributed by atoms with Crippen LogP contribution in [0.5, 0.6) is 0 Å². The molecule has 0 saturated heterocycles. The van der Waals surface area contributed by atoms with Gasteiger partial charge in [-0.3, -0.25) is 4.79 Å². The molecule has 0 radical (unpaired) electrons. The summed E-state index contributed by atoms with van der Waals surface area (Å²) in [6.45, 7) is 2.65. The number of carbonyl (C=O) groups excluding carboxylic acids is 1. The number of anilines is 2. The van der Waals surface area contributed by atoms with Crippen LogP contribution in [0.3, 0.4) is 0 Å². The Bertz CT molecular complexity index is 369. The standard InChI is InChI=1S/C11H15ClN2O2/c1-2-16-11(15)5-6-14-10-7-8(12)3-4-9(10)13/h3-4,7,14H,2,5-6,13H2,1H3. The van der Waals surface area contributed by atoms with Crippen molar-refractivity contribution >= 4 is 28.9 Å². The summed E-state index contributed by atoms with van der Waals surface area (Å²) >= 11 is 5.82. The van der Waals surface area contributed by atoms with E-state index in [1.165, 1.54) is 0 Å². The lowest BCUT2D eigenvalue weighted by Crippen LogP contribution is -2.12. The number of carbonyl (C=O) groups is 1. The number of hydrogen-bond acceptors (Lipinski definition) is 4. The van der Waals surface area contributed by atoms with Gasteiger partial charge in [-0.05, 0) is 25.1 Å². The van der Waals surface area contributed by atoms with Gasteiger partial charge in [0.2, 0.25) is 0 Å². The van der Waals surface area contributed by atoms with E-state index in [2.05, 4.69) is 5.32 Å². The molecule has 0 unspecified atom stereocenters. The molecule has 88 valence electrons. The molecular weight excluding hydrogens is 228 g/mol. The van der Waals surface area contributed by atoms with Gasteiger partial charge in [0, 0.05) is 11.6 Å². The van der Waals surface area contributed by atoms with Gasteiger partial charge < -0.3 is 15.8 Å². The third-order valence-corrected chi connectivity index (χ3v) is 2.20. The maximum Gasteiger partial charge on any atom is 0.307 e. The van der Waals surface area contributed by atoms with Crippen molar-refractivity contribution in [1.82, 2.24) is 0 Å². The number of nitrogen functional groups attached to an aromatic ring is 1. The largest absolute Gasteiger partial charge is 0.466 e. The molecule has 0 fully saturated rings. The molecule has 0 aromatic heterocycles. The van der Waals surface area contributed by atoms with Crippen molar-refractivity contribution in [3.63, 3.8) is 0 Å². The van der Waals surface area contributed by atoms with E-state index in [0.29, 0.717) is 30.3 Å². The van der Waals surface area contributed by atoms with Gasteiger partial charge in [-0.2, -0.15) is 0 Å². The second-order valence-corrected chi connectivity index (χ2v) is 3.65. The molecule has 0 aliphatic rings. The Kier molecular flexibility index (Phi) is 4.92. The molecule has 0 atom stereocenters. The van der Waals surface area contributed by atoms with Gasteiger partial charge in [0.05, 0.1) is 24.4 Å². The van der Waals surface area contributed by atoms with Gasteiger partial charge in [-0.1, -0.05) is 11.6 Å². The van der Waals surface area contributed by atoms with E-state index in [4.69, 9.17) is 22.1 Å². The van der Waals surface area contributed by atoms with Crippen LogP contribution in [0.1, 0.15) is 13.3 Å². The summed E-state index contributed by atoms with van der Waals surface area (Å²) in [6, 6.07) is 5.16. The van der Waals surface area contributed by atoms with Crippen molar-refractivity contribution in [3.8, 4) is 0 Å². The van der Waals surface area contributed by atoms with Crippen molar-refractivity contribution in [3.05, 3.63) is 23.2 Å². The Balaban J connectivity index is 2.42. The molecule has 1 aromatic carbocycles. The lowest BCUT2D eigenvalue weighted by Gasteiger charge is -2.09. The number of halogens is 1. The number of hydrogen-bond donors (Lipinski definition) is 2. The highest BCUT2D eigenvalue weighted by atomic mass is 35.5. The summed E-state index contributed by atoms with van der Waals surface area (Å²) in [6.07, 6.45) is 0.305. The van der Waals surface area contributed by atoms with Crippen LogP contribution in [-0.2, 0) is 9.53 Å². The first-order valence-electron chi connectivity index (χ1n) is 5.08. The Morgan fingerprint density at radius 3 is 3.00 bits per heavy atom. The predicted molar refractivity (Wildman–Crippen MR) is 65.6 cm³/mol. The van der Waals surface area contributed by atoms with Gasteiger partial charge >= 0.3 is 5.97 Å². The van der Waals surface area contributed by atoms with E-state index >= 15 is 0 Å². The molecule has 0 amide bonds. The molecule has 3 N–H and O–H groups in total. The Labute approximate surface area is 99.7 Å². The van der Waals surface area contributed by atoms with Crippen molar-refractivity contribution < 1.29 is 9.53 Å². The summed E-state index contributed by atoms with van der Waals surface area (Å²) in [5, 5.41) is 3.64. The third kappa shape index (κ3) is 3.98. The monoisotopic (exact) mass is 242 g/mol. The zero-order chi connectivity index (χ0) is 12.0. The van der Waals surface area contributed by atoms with Crippen LogP contribution >= 0.6 is 11.6 Å². The van der Waals surface area contributed by atoms with Crippen molar-refractivity contribution in [2.24, 2.45) is 0 Å². The average molecular weight is 243 g/mol. The van der Waals surface area contributed by atoms with E-state index in [1.807, 2.05) is 0 Å². The summed E-state index contributed by atoms with van der Waals surface area (Å²) in [7, 11) is 0. The van der Waals surface area contributed by atoms with Crippen LogP contribution in [0.25, 0.3) is 0 Å². The van der Waals surface area contributed by atoms with Crippen LogP contribution in [0.4, 0.5) is 11.4 Å². The average Bonchev–Trinajstić information content (AvgIpc) is 2.23. The van der Waals surface area contributed by atoms with Crippen LogP contribution < -0.4 is 11.1 Å². The summed E-state index contributed by atoms with van der Waals surface area (Å²) in [5.74, 6) is -0.226. The van der Waals surface area contributed by atoms with E-state index < -0.39 is 0 Å². The van der Waals surface area contributed by atoms with Gasteiger partial charge in [-0.15, -0.1) is 0 Å². The fourth-order valence-electron chi connectivity index (χ4n) is 1.21. The molecule has 16 heavy (non-hydrogen) atoms. The number of nitrogens with two attached hydrogens (primary N) is 1. The van der Waals surface area contributed by atoms with Gasteiger partial charge in [-0.25, -0.2) is 0 Å². The predicted octanol–water partition coefficient (Wildman–Crippen LogP) is 2.29. The number of nitrogens with one attached hydrogen (secondary N) is 1. The quantitative estimate of drug-likeness (QED) is 0.614. The minimum atomic E-state index is -0.226. The molecule has 0 bridgehead atoms. The number of rotatable bonds is 5. The smallest absolute Gasteiger partial charge is 0.307 e. The Morgan fingerprint density at radius 1 is 1.56 bits per heavy atom. The van der Waals surface area contributed by atoms with Gasteiger partial charge in [0.15, 0.2) is 0 Å².